The number of sulfone groups is 1. The Morgan fingerprint density at radius 2 is 1.81 bits per heavy atom. The number of rotatable bonds is 7. The molecule has 168 valence electrons. The Morgan fingerprint density at radius 1 is 1.09 bits per heavy atom. The van der Waals surface area contributed by atoms with Crippen molar-refractivity contribution in [2.45, 2.75) is 25.4 Å². The molecule has 1 saturated heterocycles. The number of carbonyl (C=O) groups is 1. The molecule has 0 aliphatic carbocycles. The Kier molecular flexibility index (Phi) is 6.32. The van der Waals surface area contributed by atoms with Crippen molar-refractivity contribution in [2.24, 2.45) is 0 Å². The summed E-state index contributed by atoms with van der Waals surface area (Å²) in [7, 11) is 0.810. The van der Waals surface area contributed by atoms with Gasteiger partial charge < -0.3 is 14.3 Å². The zero-order valence-electron chi connectivity index (χ0n) is 18.3. The van der Waals surface area contributed by atoms with Crippen LogP contribution in [0.5, 0.6) is 0 Å². The van der Waals surface area contributed by atoms with E-state index >= 15 is 0 Å². The van der Waals surface area contributed by atoms with Crippen LogP contribution in [-0.4, -0.2) is 56.0 Å². The van der Waals surface area contributed by atoms with E-state index in [4.69, 9.17) is 4.52 Å². The van der Waals surface area contributed by atoms with E-state index in [1.54, 1.807) is 11.0 Å². The summed E-state index contributed by atoms with van der Waals surface area (Å²) in [5.74, 6) is 0.406. The quantitative estimate of drug-likeness (QED) is 0.546. The summed E-state index contributed by atoms with van der Waals surface area (Å²) in [5.41, 5.74) is 3.60. The number of hydrogen-bond acceptors (Lipinski definition) is 6. The largest absolute Gasteiger partial charge is 0.378 e. The minimum absolute atomic E-state index is 0.000190. The Bertz CT molecular complexity index is 1170. The average molecular weight is 454 g/mol. The minimum Gasteiger partial charge on any atom is -0.378 e. The first kappa shape index (κ1) is 22.1. The molecule has 8 heteroatoms. The average Bonchev–Trinajstić information content (AvgIpc) is 3.39. The van der Waals surface area contributed by atoms with Crippen molar-refractivity contribution < 1.29 is 17.7 Å². The van der Waals surface area contributed by atoms with Gasteiger partial charge in [-0.2, -0.15) is 0 Å². The van der Waals surface area contributed by atoms with Crippen LogP contribution in [0.3, 0.4) is 0 Å². The minimum atomic E-state index is -3.13. The second-order valence-corrected chi connectivity index (χ2v) is 10.6. The van der Waals surface area contributed by atoms with E-state index in [9.17, 15) is 13.2 Å². The smallest absolute Gasteiger partial charge is 0.230 e. The summed E-state index contributed by atoms with van der Waals surface area (Å²) in [6.45, 7) is 0.354. The first-order valence-corrected chi connectivity index (χ1v) is 12.4. The molecule has 1 atom stereocenters. The Hall–Kier alpha value is -3.13. The van der Waals surface area contributed by atoms with Crippen LogP contribution in [0.4, 0.5) is 5.69 Å². The van der Waals surface area contributed by atoms with Gasteiger partial charge in [-0.1, -0.05) is 47.6 Å². The molecule has 0 saturated carbocycles. The van der Waals surface area contributed by atoms with E-state index in [1.807, 2.05) is 73.6 Å². The standard InChI is InChI=1S/C24H27N3O4S/c1-26(2)20-10-8-18(9-11-20)16-27(21-12-13-32(29,30)17-21)24(28)15-22-14-23(25-31-22)19-6-4-3-5-7-19/h3-11,14,21H,12-13,15-17H2,1-2H3. The third-order valence-electron chi connectivity index (χ3n) is 5.73. The lowest BCUT2D eigenvalue weighted by Gasteiger charge is -2.28. The number of amides is 1. The molecule has 2 aromatic carbocycles. The molecule has 0 spiro atoms. The predicted molar refractivity (Wildman–Crippen MR) is 124 cm³/mol. The first-order chi connectivity index (χ1) is 15.3. The van der Waals surface area contributed by atoms with Gasteiger partial charge in [-0.25, -0.2) is 8.42 Å². The number of nitrogens with zero attached hydrogens (tertiary/aromatic N) is 3. The number of carbonyl (C=O) groups excluding carboxylic acids is 1. The molecule has 2 heterocycles. The van der Waals surface area contributed by atoms with Crippen LogP contribution in [0.1, 0.15) is 17.7 Å². The van der Waals surface area contributed by atoms with Gasteiger partial charge in [-0.3, -0.25) is 4.79 Å². The van der Waals surface area contributed by atoms with E-state index in [0.717, 1.165) is 16.8 Å². The van der Waals surface area contributed by atoms with Crippen LogP contribution in [0, 0.1) is 0 Å². The van der Waals surface area contributed by atoms with Crippen LogP contribution >= 0.6 is 0 Å². The fourth-order valence-corrected chi connectivity index (χ4v) is 5.66. The maximum absolute atomic E-state index is 13.3. The van der Waals surface area contributed by atoms with Crippen LogP contribution in [0.25, 0.3) is 11.3 Å². The van der Waals surface area contributed by atoms with E-state index < -0.39 is 9.84 Å². The van der Waals surface area contributed by atoms with Gasteiger partial charge in [0.1, 0.15) is 11.5 Å². The van der Waals surface area contributed by atoms with Gasteiger partial charge in [0.15, 0.2) is 9.84 Å². The van der Waals surface area contributed by atoms with Crippen molar-refractivity contribution in [2.75, 3.05) is 30.5 Å². The van der Waals surface area contributed by atoms with Gasteiger partial charge in [0.2, 0.25) is 5.91 Å². The molecule has 7 nitrogen and oxygen atoms in total. The fraction of sp³-hybridized carbons (Fsp3) is 0.333. The number of hydrogen-bond donors (Lipinski definition) is 0. The monoisotopic (exact) mass is 453 g/mol. The number of anilines is 1. The summed E-state index contributed by atoms with van der Waals surface area (Å²) in [6, 6.07) is 19.0. The highest BCUT2D eigenvalue weighted by atomic mass is 32.2. The molecular weight excluding hydrogens is 426 g/mol. The third kappa shape index (κ3) is 5.19. The van der Waals surface area contributed by atoms with Crippen LogP contribution in [0.15, 0.2) is 65.2 Å². The second kappa shape index (κ2) is 9.16. The van der Waals surface area contributed by atoms with Crippen molar-refractivity contribution in [3.8, 4) is 11.3 Å². The lowest BCUT2D eigenvalue weighted by molar-refractivity contribution is -0.133. The normalized spacial score (nSPS) is 17.2. The summed E-state index contributed by atoms with van der Waals surface area (Å²) >= 11 is 0. The molecule has 1 aliphatic rings. The summed E-state index contributed by atoms with van der Waals surface area (Å²) < 4.78 is 29.6. The summed E-state index contributed by atoms with van der Waals surface area (Å²) in [6.07, 6.45) is 0.488. The highest BCUT2D eigenvalue weighted by molar-refractivity contribution is 7.91. The highest BCUT2D eigenvalue weighted by Crippen LogP contribution is 2.24. The molecule has 0 bridgehead atoms. The van der Waals surface area contributed by atoms with Crippen molar-refractivity contribution in [3.63, 3.8) is 0 Å². The molecule has 0 N–H and O–H groups in total. The Balaban J connectivity index is 1.53. The summed E-state index contributed by atoms with van der Waals surface area (Å²) in [5, 5.41) is 4.08. The Morgan fingerprint density at radius 3 is 2.44 bits per heavy atom. The molecule has 1 fully saturated rings. The van der Waals surface area contributed by atoms with Crippen molar-refractivity contribution in [3.05, 3.63) is 72.0 Å². The van der Waals surface area contributed by atoms with Gasteiger partial charge >= 0.3 is 0 Å². The molecular formula is C24H27N3O4S. The molecule has 1 unspecified atom stereocenters. The molecule has 4 rings (SSSR count). The lowest BCUT2D eigenvalue weighted by Crippen LogP contribution is -2.41. The molecule has 0 radical (unpaired) electrons. The van der Waals surface area contributed by atoms with Gasteiger partial charge in [0.25, 0.3) is 0 Å². The highest BCUT2D eigenvalue weighted by Gasteiger charge is 2.35. The van der Waals surface area contributed by atoms with Crippen LogP contribution in [-0.2, 0) is 27.6 Å². The zero-order valence-corrected chi connectivity index (χ0v) is 19.1. The topological polar surface area (TPSA) is 83.7 Å². The first-order valence-electron chi connectivity index (χ1n) is 10.6. The summed E-state index contributed by atoms with van der Waals surface area (Å²) in [4.78, 5) is 17.0. The van der Waals surface area contributed by atoms with Crippen LogP contribution < -0.4 is 4.90 Å². The zero-order chi connectivity index (χ0) is 22.7. The lowest BCUT2D eigenvalue weighted by atomic mass is 10.1. The maximum Gasteiger partial charge on any atom is 0.230 e. The fourth-order valence-electron chi connectivity index (χ4n) is 3.93. The van der Waals surface area contributed by atoms with E-state index in [-0.39, 0.29) is 29.9 Å². The molecule has 32 heavy (non-hydrogen) atoms. The molecule has 1 amide bonds. The predicted octanol–water partition coefficient (Wildman–Crippen LogP) is 3.17. The molecule has 1 aliphatic heterocycles. The molecule has 3 aromatic rings. The number of benzene rings is 2. The third-order valence-corrected chi connectivity index (χ3v) is 7.48. The number of aromatic nitrogens is 1. The SMILES string of the molecule is CN(C)c1ccc(CN(C(=O)Cc2cc(-c3ccccc3)no2)C2CCS(=O)(=O)C2)cc1. The van der Waals surface area contributed by atoms with Crippen molar-refractivity contribution >= 4 is 21.4 Å². The van der Waals surface area contributed by atoms with Crippen molar-refractivity contribution in [1.82, 2.24) is 10.1 Å². The van der Waals surface area contributed by atoms with Gasteiger partial charge in [-0.05, 0) is 24.1 Å². The van der Waals surface area contributed by atoms with E-state index in [2.05, 4.69) is 5.16 Å². The van der Waals surface area contributed by atoms with E-state index in [0.29, 0.717) is 24.4 Å². The molecule has 1 aromatic heterocycles. The second-order valence-electron chi connectivity index (χ2n) is 8.36. The van der Waals surface area contributed by atoms with E-state index in [1.165, 1.54) is 0 Å². The van der Waals surface area contributed by atoms with Gasteiger partial charge in [0.05, 0.1) is 17.9 Å². The maximum atomic E-state index is 13.3. The van der Waals surface area contributed by atoms with Crippen molar-refractivity contribution in [1.29, 1.82) is 0 Å². The van der Waals surface area contributed by atoms with Gasteiger partial charge in [-0.15, -0.1) is 0 Å². The Labute approximate surface area is 188 Å². The van der Waals surface area contributed by atoms with Crippen LogP contribution in [0.2, 0.25) is 0 Å². The van der Waals surface area contributed by atoms with Gasteiger partial charge in [0, 0.05) is 44.0 Å².